The summed E-state index contributed by atoms with van der Waals surface area (Å²) in [4.78, 5) is 31.8. The Hall–Kier alpha value is -2.78. The number of nitrogens with zero attached hydrogens (tertiary/aromatic N) is 2. The molecule has 0 spiro atoms. The van der Waals surface area contributed by atoms with Crippen molar-refractivity contribution < 1.29 is 28.5 Å². The van der Waals surface area contributed by atoms with Crippen LogP contribution in [0.1, 0.15) is 46.4 Å². The van der Waals surface area contributed by atoms with Crippen LogP contribution in [0.3, 0.4) is 0 Å². The minimum Gasteiger partial charge on any atom is -0.497 e. The normalized spacial score (nSPS) is 18.1. The van der Waals surface area contributed by atoms with Crippen molar-refractivity contribution in [1.29, 1.82) is 0 Å². The van der Waals surface area contributed by atoms with Gasteiger partial charge in [-0.05, 0) is 61.4 Å². The van der Waals surface area contributed by atoms with Gasteiger partial charge in [0.2, 0.25) is 0 Å². The van der Waals surface area contributed by atoms with Gasteiger partial charge < -0.3 is 18.9 Å². The molecule has 218 valence electrons. The number of carbonyl (C=O) groups excluding carboxylic acids is 2. The van der Waals surface area contributed by atoms with Crippen LogP contribution in [0.15, 0.2) is 48.5 Å². The van der Waals surface area contributed by atoms with Gasteiger partial charge in [-0.25, -0.2) is 0 Å². The Morgan fingerprint density at radius 1 is 0.650 bits per heavy atom. The van der Waals surface area contributed by atoms with Crippen LogP contribution in [0.25, 0.3) is 0 Å². The molecule has 8 nitrogen and oxygen atoms in total. The fraction of sp³-hybridized carbons (Fsp3) is 0.562. The molecule has 0 saturated carbocycles. The Labute approximate surface area is 238 Å². The molecule has 40 heavy (non-hydrogen) atoms. The van der Waals surface area contributed by atoms with Crippen molar-refractivity contribution in [2.75, 3.05) is 79.9 Å². The van der Waals surface area contributed by atoms with Crippen molar-refractivity contribution in [3.8, 4) is 11.5 Å². The van der Waals surface area contributed by atoms with Crippen LogP contribution in [-0.4, -0.2) is 101 Å². The monoisotopic (exact) mass is 552 g/mol. The Morgan fingerprint density at radius 3 is 1.32 bits per heavy atom. The SMILES string of the molecule is COc1ccc(C(=O)[C@@H](CCCC[C@@H](CN2CCOCC2)C(=O)c2ccc(OC)cc2)CN2CCOCC2)cc1. The lowest BCUT2D eigenvalue weighted by Gasteiger charge is -2.31. The van der Waals surface area contributed by atoms with E-state index in [1.807, 2.05) is 48.5 Å². The minimum absolute atomic E-state index is 0.0959. The predicted octanol–water partition coefficient (Wildman–Crippen LogP) is 4.23. The van der Waals surface area contributed by atoms with Crippen LogP contribution in [0.4, 0.5) is 0 Å². The third-order valence-corrected chi connectivity index (χ3v) is 8.01. The van der Waals surface area contributed by atoms with Gasteiger partial charge in [0.1, 0.15) is 11.5 Å². The Kier molecular flexibility index (Phi) is 12.0. The molecule has 2 aromatic rings. The van der Waals surface area contributed by atoms with E-state index in [-0.39, 0.29) is 23.4 Å². The number of unbranched alkanes of at least 4 members (excludes halogenated alkanes) is 1. The number of ether oxygens (including phenoxy) is 4. The summed E-state index contributed by atoms with van der Waals surface area (Å²) in [7, 11) is 3.26. The predicted molar refractivity (Wildman–Crippen MR) is 155 cm³/mol. The highest BCUT2D eigenvalue weighted by Crippen LogP contribution is 2.24. The number of morpholine rings is 2. The minimum atomic E-state index is -0.0959. The Morgan fingerprint density at radius 2 is 1.00 bits per heavy atom. The first-order chi connectivity index (χ1) is 19.6. The first-order valence-electron chi connectivity index (χ1n) is 14.5. The van der Waals surface area contributed by atoms with E-state index in [1.165, 1.54) is 0 Å². The molecule has 0 unspecified atom stereocenters. The molecule has 0 aromatic heterocycles. The standard InChI is InChI=1S/C32H44N2O6/c1-37-29-11-7-25(8-12-29)31(35)27(23-33-15-19-39-20-16-33)5-3-4-6-28(24-34-17-21-40-22-18-34)32(36)26-9-13-30(38-2)14-10-26/h7-14,27-28H,3-6,15-24H2,1-2H3/t27-,28-/m0/s1. The molecule has 2 heterocycles. The van der Waals surface area contributed by atoms with Crippen molar-refractivity contribution in [1.82, 2.24) is 9.80 Å². The highest BCUT2D eigenvalue weighted by atomic mass is 16.5. The number of Topliss-reactive ketones (excluding diaryl/α,β-unsaturated/α-hetero) is 2. The summed E-state index contributed by atoms with van der Waals surface area (Å²) in [6.45, 7) is 7.70. The average molecular weight is 553 g/mol. The number of benzene rings is 2. The second-order valence-corrected chi connectivity index (χ2v) is 10.7. The summed E-state index contributed by atoms with van der Waals surface area (Å²) < 4.78 is 21.6. The first kappa shape index (κ1) is 30.2. The highest BCUT2D eigenvalue weighted by molar-refractivity contribution is 5.98. The van der Waals surface area contributed by atoms with Crippen LogP contribution in [0.5, 0.6) is 11.5 Å². The number of hydrogen-bond acceptors (Lipinski definition) is 8. The van der Waals surface area contributed by atoms with E-state index in [0.717, 1.165) is 87.6 Å². The number of rotatable bonds is 15. The molecule has 2 atom stereocenters. The second kappa shape index (κ2) is 15.9. The summed E-state index contributed by atoms with van der Waals surface area (Å²) in [5.41, 5.74) is 1.44. The van der Waals surface area contributed by atoms with E-state index in [4.69, 9.17) is 18.9 Å². The Bertz CT molecular complexity index is 961. The lowest BCUT2D eigenvalue weighted by molar-refractivity contribution is 0.0283. The van der Waals surface area contributed by atoms with Gasteiger partial charge in [-0.1, -0.05) is 12.8 Å². The molecule has 0 bridgehead atoms. The van der Waals surface area contributed by atoms with Crippen molar-refractivity contribution in [2.24, 2.45) is 11.8 Å². The molecule has 8 heteroatoms. The molecule has 0 radical (unpaired) electrons. The highest BCUT2D eigenvalue weighted by Gasteiger charge is 2.26. The molecule has 2 saturated heterocycles. The zero-order valence-electron chi connectivity index (χ0n) is 24.0. The third kappa shape index (κ3) is 8.86. The summed E-state index contributed by atoms with van der Waals surface area (Å²) in [5.74, 6) is 1.65. The summed E-state index contributed by atoms with van der Waals surface area (Å²) in [6.07, 6.45) is 3.38. The van der Waals surface area contributed by atoms with Gasteiger partial charge in [0, 0.05) is 62.2 Å². The van der Waals surface area contributed by atoms with Crippen LogP contribution < -0.4 is 9.47 Å². The molecular formula is C32H44N2O6. The van der Waals surface area contributed by atoms with Crippen molar-refractivity contribution >= 4 is 11.6 Å². The number of carbonyl (C=O) groups is 2. The molecule has 0 N–H and O–H groups in total. The van der Waals surface area contributed by atoms with Crippen molar-refractivity contribution in [3.63, 3.8) is 0 Å². The van der Waals surface area contributed by atoms with Gasteiger partial charge in [0.15, 0.2) is 11.6 Å². The third-order valence-electron chi connectivity index (χ3n) is 8.01. The quantitative estimate of drug-likeness (QED) is 0.240. The fourth-order valence-corrected chi connectivity index (χ4v) is 5.56. The molecule has 2 fully saturated rings. The van der Waals surface area contributed by atoms with Gasteiger partial charge in [0.05, 0.1) is 40.6 Å². The molecule has 0 amide bonds. The zero-order chi connectivity index (χ0) is 28.2. The fourth-order valence-electron chi connectivity index (χ4n) is 5.56. The van der Waals surface area contributed by atoms with E-state index in [2.05, 4.69) is 9.80 Å². The van der Waals surface area contributed by atoms with Crippen molar-refractivity contribution in [3.05, 3.63) is 59.7 Å². The van der Waals surface area contributed by atoms with E-state index < -0.39 is 0 Å². The Balaban J connectivity index is 1.39. The van der Waals surface area contributed by atoms with Gasteiger partial charge in [-0.15, -0.1) is 0 Å². The summed E-state index contributed by atoms with van der Waals surface area (Å²) >= 11 is 0. The smallest absolute Gasteiger partial charge is 0.167 e. The lowest BCUT2D eigenvalue weighted by atomic mass is 9.88. The number of hydrogen-bond donors (Lipinski definition) is 0. The van der Waals surface area contributed by atoms with Crippen molar-refractivity contribution in [2.45, 2.75) is 25.7 Å². The number of ketones is 2. The molecule has 0 aliphatic carbocycles. The first-order valence-corrected chi connectivity index (χ1v) is 14.5. The largest absolute Gasteiger partial charge is 0.497 e. The maximum atomic E-state index is 13.6. The van der Waals surface area contributed by atoms with E-state index in [0.29, 0.717) is 26.4 Å². The summed E-state index contributed by atoms with van der Waals surface area (Å²) in [6, 6.07) is 14.8. The van der Waals surface area contributed by atoms with Crippen LogP contribution in [-0.2, 0) is 9.47 Å². The molecular weight excluding hydrogens is 508 g/mol. The maximum absolute atomic E-state index is 13.6. The van der Waals surface area contributed by atoms with E-state index in [9.17, 15) is 9.59 Å². The van der Waals surface area contributed by atoms with Gasteiger partial charge in [-0.2, -0.15) is 0 Å². The van der Waals surface area contributed by atoms with Gasteiger partial charge >= 0.3 is 0 Å². The van der Waals surface area contributed by atoms with Gasteiger partial charge in [0.25, 0.3) is 0 Å². The topological polar surface area (TPSA) is 77.5 Å². The average Bonchev–Trinajstić information content (AvgIpc) is 3.02. The van der Waals surface area contributed by atoms with Crippen LogP contribution in [0, 0.1) is 11.8 Å². The van der Waals surface area contributed by atoms with Crippen LogP contribution in [0.2, 0.25) is 0 Å². The zero-order valence-corrected chi connectivity index (χ0v) is 24.0. The summed E-state index contributed by atoms with van der Waals surface area (Å²) in [5, 5.41) is 0. The maximum Gasteiger partial charge on any atom is 0.167 e. The second-order valence-electron chi connectivity index (χ2n) is 10.7. The molecule has 2 aromatic carbocycles. The molecule has 2 aliphatic rings. The van der Waals surface area contributed by atoms with E-state index >= 15 is 0 Å². The molecule has 2 aliphatic heterocycles. The van der Waals surface area contributed by atoms with Gasteiger partial charge in [-0.3, -0.25) is 19.4 Å². The molecule has 4 rings (SSSR count). The number of methoxy groups -OCH3 is 2. The van der Waals surface area contributed by atoms with E-state index in [1.54, 1.807) is 14.2 Å². The lowest BCUT2D eigenvalue weighted by Crippen LogP contribution is -2.41. The van der Waals surface area contributed by atoms with Crippen LogP contribution >= 0.6 is 0 Å².